The number of hydrogen-bond donors (Lipinski definition) is 0. The molecule has 0 spiro atoms. The number of carbonyl (C=O) groups is 1. The average Bonchev–Trinajstić information content (AvgIpc) is 3.22. The van der Waals surface area contributed by atoms with Crippen molar-refractivity contribution in [1.82, 2.24) is 9.78 Å². The SMILES string of the molecule is CCOC(=O)c1c(C#N)c(-c2ccc(Br)cc2)nn1C1CCCC1. The van der Waals surface area contributed by atoms with Gasteiger partial charge in [0.1, 0.15) is 17.3 Å². The molecule has 2 aromatic rings. The average molecular weight is 388 g/mol. The molecule has 124 valence electrons. The van der Waals surface area contributed by atoms with Gasteiger partial charge in [-0.15, -0.1) is 0 Å². The summed E-state index contributed by atoms with van der Waals surface area (Å²) in [5, 5.41) is 14.3. The summed E-state index contributed by atoms with van der Waals surface area (Å²) in [6.45, 7) is 2.03. The molecule has 1 fully saturated rings. The molecule has 24 heavy (non-hydrogen) atoms. The normalized spacial score (nSPS) is 14.5. The summed E-state index contributed by atoms with van der Waals surface area (Å²) in [7, 11) is 0. The first-order valence-corrected chi connectivity index (χ1v) is 8.90. The Morgan fingerprint density at radius 1 is 1.38 bits per heavy atom. The van der Waals surface area contributed by atoms with Gasteiger partial charge in [0, 0.05) is 10.0 Å². The summed E-state index contributed by atoms with van der Waals surface area (Å²) in [6.07, 6.45) is 4.17. The molecule has 0 radical (unpaired) electrons. The van der Waals surface area contributed by atoms with E-state index in [1.54, 1.807) is 11.6 Å². The summed E-state index contributed by atoms with van der Waals surface area (Å²) in [5.41, 5.74) is 1.93. The molecule has 5 nitrogen and oxygen atoms in total. The molecule has 0 aliphatic heterocycles. The van der Waals surface area contributed by atoms with Gasteiger partial charge in [0.2, 0.25) is 0 Å². The molecule has 1 aliphatic carbocycles. The molecule has 1 heterocycles. The van der Waals surface area contributed by atoms with Gasteiger partial charge >= 0.3 is 5.97 Å². The van der Waals surface area contributed by atoms with Gasteiger partial charge in [0.05, 0.1) is 12.6 Å². The summed E-state index contributed by atoms with van der Waals surface area (Å²) in [5.74, 6) is -0.475. The molecule has 1 aromatic heterocycles. The van der Waals surface area contributed by atoms with Gasteiger partial charge in [-0.25, -0.2) is 4.79 Å². The number of halogens is 1. The number of ether oxygens (including phenoxy) is 1. The van der Waals surface area contributed by atoms with Crippen molar-refractivity contribution < 1.29 is 9.53 Å². The Morgan fingerprint density at radius 2 is 2.04 bits per heavy atom. The van der Waals surface area contributed by atoms with Gasteiger partial charge in [-0.05, 0) is 31.9 Å². The lowest BCUT2D eigenvalue weighted by Gasteiger charge is -2.13. The standard InChI is InChI=1S/C18H18BrN3O2/c1-2-24-18(23)17-15(11-20)16(12-7-9-13(19)10-8-12)21-22(17)14-5-3-4-6-14/h7-10,14H,2-6H2,1H3. The first-order chi connectivity index (χ1) is 11.7. The molecule has 0 saturated heterocycles. The topological polar surface area (TPSA) is 67.9 Å². The van der Waals surface area contributed by atoms with Crippen molar-refractivity contribution in [2.24, 2.45) is 0 Å². The molecule has 0 N–H and O–H groups in total. The number of nitriles is 1. The van der Waals surface area contributed by atoms with E-state index >= 15 is 0 Å². The van der Waals surface area contributed by atoms with Crippen LogP contribution in [0, 0.1) is 11.3 Å². The summed E-state index contributed by atoms with van der Waals surface area (Å²) < 4.78 is 7.85. The van der Waals surface area contributed by atoms with Crippen LogP contribution < -0.4 is 0 Å². The molecular weight excluding hydrogens is 370 g/mol. The second-order valence-corrected chi connectivity index (χ2v) is 6.71. The van der Waals surface area contributed by atoms with E-state index < -0.39 is 5.97 Å². The number of nitrogens with zero attached hydrogens (tertiary/aromatic N) is 3. The van der Waals surface area contributed by atoms with Gasteiger partial charge in [0.25, 0.3) is 0 Å². The zero-order chi connectivity index (χ0) is 17.1. The van der Waals surface area contributed by atoms with Gasteiger partial charge in [-0.3, -0.25) is 4.68 Å². The van der Waals surface area contributed by atoms with Crippen LogP contribution in [0.4, 0.5) is 0 Å². The molecule has 1 saturated carbocycles. The minimum absolute atomic E-state index is 0.153. The highest BCUT2D eigenvalue weighted by Gasteiger charge is 2.30. The lowest BCUT2D eigenvalue weighted by Crippen LogP contribution is -2.17. The zero-order valence-corrected chi connectivity index (χ0v) is 15.0. The Labute approximate surface area is 149 Å². The van der Waals surface area contributed by atoms with Crippen molar-refractivity contribution in [2.75, 3.05) is 6.61 Å². The molecule has 0 unspecified atom stereocenters. The Hall–Kier alpha value is -2.13. The van der Waals surface area contributed by atoms with Crippen LogP contribution in [0.25, 0.3) is 11.3 Å². The van der Waals surface area contributed by atoms with E-state index in [2.05, 4.69) is 27.1 Å². The van der Waals surface area contributed by atoms with Gasteiger partial charge in [-0.1, -0.05) is 40.9 Å². The Bertz CT molecular complexity index is 784. The Kier molecular flexibility index (Phi) is 5.00. The van der Waals surface area contributed by atoms with E-state index in [-0.39, 0.29) is 18.3 Å². The summed E-state index contributed by atoms with van der Waals surface area (Å²) in [6, 6.07) is 9.89. The van der Waals surface area contributed by atoms with Gasteiger partial charge in [0.15, 0.2) is 5.69 Å². The molecule has 6 heteroatoms. The highest BCUT2D eigenvalue weighted by Crippen LogP contribution is 2.34. The fourth-order valence-electron chi connectivity index (χ4n) is 3.16. The summed E-state index contributed by atoms with van der Waals surface area (Å²) in [4.78, 5) is 12.5. The van der Waals surface area contributed by atoms with Gasteiger partial charge < -0.3 is 4.74 Å². The number of rotatable bonds is 4. The van der Waals surface area contributed by atoms with Crippen molar-refractivity contribution in [3.05, 3.63) is 40.0 Å². The van der Waals surface area contributed by atoms with Crippen LogP contribution in [0.5, 0.6) is 0 Å². The third-order valence-corrected chi connectivity index (χ3v) is 4.81. The number of hydrogen-bond acceptors (Lipinski definition) is 4. The number of carbonyl (C=O) groups excluding carboxylic acids is 1. The van der Waals surface area contributed by atoms with E-state index in [0.29, 0.717) is 11.3 Å². The zero-order valence-electron chi connectivity index (χ0n) is 13.5. The molecule has 0 atom stereocenters. The largest absolute Gasteiger partial charge is 0.461 e. The minimum Gasteiger partial charge on any atom is -0.461 e. The maximum atomic E-state index is 12.5. The highest BCUT2D eigenvalue weighted by atomic mass is 79.9. The molecule has 0 amide bonds. The maximum Gasteiger partial charge on any atom is 0.358 e. The van der Waals surface area contributed by atoms with Crippen LogP contribution in [0.1, 0.15) is 54.7 Å². The van der Waals surface area contributed by atoms with Crippen molar-refractivity contribution in [3.63, 3.8) is 0 Å². The second-order valence-electron chi connectivity index (χ2n) is 5.79. The lowest BCUT2D eigenvalue weighted by atomic mass is 10.1. The lowest BCUT2D eigenvalue weighted by molar-refractivity contribution is 0.0508. The highest BCUT2D eigenvalue weighted by molar-refractivity contribution is 9.10. The third-order valence-electron chi connectivity index (χ3n) is 4.28. The van der Waals surface area contributed by atoms with Crippen LogP contribution in [-0.4, -0.2) is 22.4 Å². The minimum atomic E-state index is -0.475. The Morgan fingerprint density at radius 3 is 2.62 bits per heavy atom. The predicted octanol–water partition coefficient (Wildman–Crippen LogP) is 4.48. The van der Waals surface area contributed by atoms with Crippen LogP contribution in [0.3, 0.4) is 0 Å². The first-order valence-electron chi connectivity index (χ1n) is 8.11. The quantitative estimate of drug-likeness (QED) is 0.725. The molecule has 3 rings (SSSR count). The molecule has 1 aromatic carbocycles. The van der Waals surface area contributed by atoms with Gasteiger partial charge in [-0.2, -0.15) is 10.4 Å². The second kappa shape index (κ2) is 7.18. The van der Waals surface area contributed by atoms with Crippen molar-refractivity contribution in [2.45, 2.75) is 38.6 Å². The first kappa shape index (κ1) is 16.7. The Balaban J connectivity index is 2.15. The van der Waals surface area contributed by atoms with E-state index in [9.17, 15) is 10.1 Å². The molecule has 1 aliphatic rings. The third kappa shape index (κ3) is 3.09. The smallest absolute Gasteiger partial charge is 0.358 e. The van der Waals surface area contributed by atoms with E-state index in [1.165, 1.54) is 0 Å². The van der Waals surface area contributed by atoms with Crippen LogP contribution >= 0.6 is 15.9 Å². The number of aromatic nitrogens is 2. The fraction of sp³-hybridized carbons (Fsp3) is 0.389. The van der Waals surface area contributed by atoms with E-state index in [4.69, 9.17) is 4.74 Å². The van der Waals surface area contributed by atoms with E-state index in [1.807, 2.05) is 24.3 Å². The monoisotopic (exact) mass is 387 g/mol. The fourth-order valence-corrected chi connectivity index (χ4v) is 3.42. The number of esters is 1. The van der Waals surface area contributed by atoms with Crippen LogP contribution in [0.2, 0.25) is 0 Å². The van der Waals surface area contributed by atoms with Crippen molar-refractivity contribution in [3.8, 4) is 17.3 Å². The summed E-state index contributed by atoms with van der Waals surface area (Å²) >= 11 is 3.41. The maximum absolute atomic E-state index is 12.5. The molecular formula is C18H18BrN3O2. The van der Waals surface area contributed by atoms with Crippen molar-refractivity contribution >= 4 is 21.9 Å². The van der Waals surface area contributed by atoms with Crippen LogP contribution in [0.15, 0.2) is 28.7 Å². The van der Waals surface area contributed by atoms with Crippen LogP contribution in [-0.2, 0) is 4.74 Å². The predicted molar refractivity (Wildman–Crippen MR) is 93.5 cm³/mol. The molecule has 0 bridgehead atoms. The van der Waals surface area contributed by atoms with Crippen molar-refractivity contribution in [1.29, 1.82) is 5.26 Å². The van der Waals surface area contributed by atoms with E-state index in [0.717, 1.165) is 35.7 Å². The number of benzene rings is 1.